The van der Waals surface area contributed by atoms with Crippen LogP contribution in [0.5, 0.6) is 11.5 Å². The fourth-order valence-electron chi connectivity index (χ4n) is 2.83. The minimum atomic E-state index is -5.04. The molecule has 31 heavy (non-hydrogen) atoms. The maximum Gasteiger partial charge on any atom is 0.573 e. The molecule has 0 atom stereocenters. The van der Waals surface area contributed by atoms with Crippen LogP contribution < -0.4 is 19.7 Å². The summed E-state index contributed by atoms with van der Waals surface area (Å²) in [5.74, 6) is -0.441. The number of amidine groups is 1. The summed E-state index contributed by atoms with van der Waals surface area (Å²) < 4.78 is 53.6. The zero-order valence-electron chi connectivity index (χ0n) is 15.9. The lowest BCUT2D eigenvalue weighted by molar-refractivity contribution is -0.274. The lowest BCUT2D eigenvalue weighted by Crippen LogP contribution is -2.36. The third-order valence-corrected chi connectivity index (χ3v) is 4.10. The molecule has 12 heteroatoms. The van der Waals surface area contributed by atoms with Crippen LogP contribution in [0.1, 0.15) is 0 Å². The number of morpholine rings is 1. The summed E-state index contributed by atoms with van der Waals surface area (Å²) in [4.78, 5) is 16.5. The topological polar surface area (TPSA) is 109 Å². The van der Waals surface area contributed by atoms with Gasteiger partial charge in [-0.15, -0.1) is 23.1 Å². The number of hydrogen-bond acceptors (Lipinski definition) is 8. The van der Waals surface area contributed by atoms with Crippen LogP contribution in [0.25, 0.3) is 0 Å². The summed E-state index contributed by atoms with van der Waals surface area (Å²) in [5, 5.41) is 14.3. The van der Waals surface area contributed by atoms with E-state index in [2.05, 4.69) is 20.2 Å². The van der Waals surface area contributed by atoms with Gasteiger partial charge in [0, 0.05) is 19.2 Å². The molecule has 3 rings (SSSR count). The summed E-state index contributed by atoms with van der Waals surface area (Å²) in [6, 6.07) is 9.93. The van der Waals surface area contributed by atoms with Crippen molar-refractivity contribution in [3.63, 3.8) is 0 Å². The van der Waals surface area contributed by atoms with Gasteiger partial charge in [0.2, 0.25) is 6.19 Å². The van der Waals surface area contributed by atoms with Gasteiger partial charge < -0.3 is 24.4 Å². The number of anilines is 2. The summed E-state index contributed by atoms with van der Waals surface area (Å²) in [5.41, 5.74) is -0.197. The van der Waals surface area contributed by atoms with E-state index >= 15 is 0 Å². The fraction of sp³-hybridized carbons (Fsp3) is 0.263. The van der Waals surface area contributed by atoms with Gasteiger partial charge >= 0.3 is 12.4 Å². The van der Waals surface area contributed by atoms with E-state index < -0.39 is 12.1 Å². The summed E-state index contributed by atoms with van der Waals surface area (Å²) >= 11 is 0. The average Bonchev–Trinajstić information content (AvgIpc) is 2.75. The predicted molar refractivity (Wildman–Crippen MR) is 105 cm³/mol. The molecule has 0 amide bonds. The molecule has 2 aromatic rings. The van der Waals surface area contributed by atoms with Gasteiger partial charge in [-0.3, -0.25) is 0 Å². The van der Waals surface area contributed by atoms with Crippen LogP contribution >= 0.6 is 0 Å². The van der Waals surface area contributed by atoms with Gasteiger partial charge in [0.15, 0.2) is 5.75 Å². The van der Waals surface area contributed by atoms with E-state index in [4.69, 9.17) is 14.7 Å². The van der Waals surface area contributed by atoms with Crippen LogP contribution in [0.15, 0.2) is 52.6 Å². The fourth-order valence-corrected chi connectivity index (χ4v) is 2.83. The van der Waals surface area contributed by atoms with E-state index in [-0.39, 0.29) is 23.1 Å². The van der Waals surface area contributed by atoms with Crippen molar-refractivity contribution in [1.82, 2.24) is 0 Å². The zero-order chi connectivity index (χ0) is 22.3. The molecule has 2 aromatic carbocycles. The first-order valence-corrected chi connectivity index (χ1v) is 8.96. The van der Waals surface area contributed by atoms with Crippen molar-refractivity contribution in [2.45, 2.75) is 6.36 Å². The Bertz CT molecular complexity index is 987. The second-order valence-corrected chi connectivity index (χ2v) is 6.13. The molecule has 162 valence electrons. The molecule has 0 aliphatic carbocycles. The van der Waals surface area contributed by atoms with Gasteiger partial charge in [0.1, 0.15) is 11.4 Å². The highest BCUT2D eigenvalue weighted by Gasteiger charge is 2.33. The normalized spacial score (nSPS) is 14.5. The lowest BCUT2D eigenvalue weighted by Gasteiger charge is -2.30. The van der Waals surface area contributed by atoms with E-state index in [0.29, 0.717) is 32.1 Å². The number of ether oxygens (including phenoxy) is 3. The predicted octanol–water partition coefficient (Wildman–Crippen LogP) is 4.15. The first kappa shape index (κ1) is 21.8. The highest BCUT2D eigenvalue weighted by Crippen LogP contribution is 2.41. The molecule has 0 saturated carbocycles. The number of para-hydroxylation sites is 1. The minimum absolute atomic E-state index is 0.226. The van der Waals surface area contributed by atoms with Gasteiger partial charge in [-0.1, -0.05) is 18.2 Å². The number of benzene rings is 2. The molecule has 0 unspecified atom stereocenters. The number of hydrogen-bond donors (Lipinski definition) is 1. The number of nitroso groups, excluding NO2 is 1. The second kappa shape index (κ2) is 9.77. The van der Waals surface area contributed by atoms with Crippen LogP contribution in [-0.4, -0.2) is 38.7 Å². The smallest absolute Gasteiger partial charge is 0.425 e. The molecule has 9 nitrogen and oxygen atoms in total. The standard InChI is InChI=1S/C19H16F3N5O4/c20-19(21,22)31-17-11-14(26-28)16(27-6-8-29-9-7-27)10-15(17)25-18(24-12-23)30-13-4-2-1-3-5-13/h1-5,10-11H,6-9H2,(H,24,25). The minimum Gasteiger partial charge on any atom is -0.425 e. The Kier molecular flexibility index (Phi) is 6.88. The Balaban J connectivity index is 2.00. The number of rotatable bonds is 5. The number of nitrogens with one attached hydrogen (secondary N) is 1. The average molecular weight is 435 g/mol. The van der Waals surface area contributed by atoms with Crippen LogP contribution in [0.3, 0.4) is 0 Å². The van der Waals surface area contributed by atoms with Gasteiger partial charge in [0.05, 0.1) is 24.6 Å². The van der Waals surface area contributed by atoms with E-state index in [1.807, 2.05) is 0 Å². The van der Waals surface area contributed by atoms with E-state index in [1.54, 1.807) is 35.2 Å². The van der Waals surface area contributed by atoms with Crippen molar-refractivity contribution in [3.05, 3.63) is 47.4 Å². The maximum atomic E-state index is 12.9. The molecule has 1 heterocycles. The van der Waals surface area contributed by atoms with Crippen LogP contribution in [0.4, 0.5) is 30.2 Å². The molecule has 1 aliphatic heterocycles. The molecule has 1 aliphatic rings. The number of halogens is 3. The summed E-state index contributed by atoms with van der Waals surface area (Å²) in [6.45, 7) is 1.56. The monoisotopic (exact) mass is 435 g/mol. The third-order valence-electron chi connectivity index (χ3n) is 4.10. The van der Waals surface area contributed by atoms with Gasteiger partial charge in [-0.05, 0) is 23.4 Å². The van der Waals surface area contributed by atoms with Crippen molar-refractivity contribution in [3.8, 4) is 17.7 Å². The quantitative estimate of drug-likeness (QED) is 0.325. The zero-order valence-corrected chi connectivity index (χ0v) is 15.9. The summed E-state index contributed by atoms with van der Waals surface area (Å²) in [6.07, 6.45) is -3.52. The second-order valence-electron chi connectivity index (χ2n) is 6.13. The molecule has 1 saturated heterocycles. The van der Waals surface area contributed by atoms with Crippen LogP contribution in [0, 0.1) is 16.4 Å². The molecule has 0 bridgehead atoms. The first-order valence-electron chi connectivity index (χ1n) is 8.96. The van der Waals surface area contributed by atoms with Crippen molar-refractivity contribution in [2.75, 3.05) is 36.5 Å². The highest BCUT2D eigenvalue weighted by molar-refractivity contribution is 5.94. The van der Waals surface area contributed by atoms with Crippen molar-refractivity contribution in [2.24, 2.45) is 10.2 Å². The number of nitriles is 1. The molecular formula is C19H16F3N5O4. The highest BCUT2D eigenvalue weighted by atomic mass is 19.4. The largest absolute Gasteiger partial charge is 0.573 e. The van der Waals surface area contributed by atoms with Crippen molar-refractivity contribution >= 4 is 23.1 Å². The maximum absolute atomic E-state index is 12.9. The molecule has 1 fully saturated rings. The molecular weight excluding hydrogens is 419 g/mol. The summed E-state index contributed by atoms with van der Waals surface area (Å²) in [7, 11) is 0. The van der Waals surface area contributed by atoms with E-state index in [0.717, 1.165) is 6.07 Å². The van der Waals surface area contributed by atoms with Crippen molar-refractivity contribution in [1.29, 1.82) is 5.26 Å². The van der Waals surface area contributed by atoms with Crippen LogP contribution in [0.2, 0.25) is 0 Å². The SMILES string of the molecule is N#C/N=C(\Nc1cc(N2CCOCC2)c(N=O)cc1OC(F)(F)F)Oc1ccccc1. The van der Waals surface area contributed by atoms with Crippen LogP contribution in [-0.2, 0) is 4.74 Å². The Morgan fingerprint density at radius 2 is 1.90 bits per heavy atom. The number of alkyl halides is 3. The van der Waals surface area contributed by atoms with Gasteiger partial charge in [-0.25, -0.2) is 0 Å². The molecule has 0 aromatic heterocycles. The Morgan fingerprint density at radius 3 is 2.52 bits per heavy atom. The van der Waals surface area contributed by atoms with E-state index in [9.17, 15) is 18.1 Å². The third kappa shape index (κ3) is 6.06. The van der Waals surface area contributed by atoms with Gasteiger partial charge in [0.25, 0.3) is 0 Å². The van der Waals surface area contributed by atoms with Gasteiger partial charge in [-0.2, -0.15) is 5.26 Å². The molecule has 0 spiro atoms. The molecule has 1 N–H and O–H groups in total. The lowest BCUT2D eigenvalue weighted by atomic mass is 10.2. The Morgan fingerprint density at radius 1 is 1.19 bits per heavy atom. The Hall–Kier alpha value is -3.85. The van der Waals surface area contributed by atoms with E-state index in [1.165, 1.54) is 12.3 Å². The van der Waals surface area contributed by atoms with Crippen molar-refractivity contribution < 1.29 is 27.4 Å². The number of nitrogens with zero attached hydrogens (tertiary/aromatic N) is 4. The molecule has 0 radical (unpaired) electrons. The first-order chi connectivity index (χ1) is 14.9. The number of aliphatic imine (C=N–C) groups is 1. The Labute approximate surface area is 174 Å².